The van der Waals surface area contributed by atoms with E-state index in [2.05, 4.69) is 15.0 Å². The summed E-state index contributed by atoms with van der Waals surface area (Å²) in [6.45, 7) is 2.42. The van der Waals surface area contributed by atoms with Crippen LogP contribution in [0.15, 0.2) is 30.5 Å². The highest BCUT2D eigenvalue weighted by atomic mass is 19.4. The van der Waals surface area contributed by atoms with Crippen molar-refractivity contribution in [3.05, 3.63) is 41.7 Å². The fraction of sp³-hybridized carbons (Fsp3) is 0.385. The molecule has 0 radical (unpaired) electrons. The molecular formula is C13H14F3N3O2. The molecule has 1 heterocycles. The van der Waals surface area contributed by atoms with Crippen molar-refractivity contribution in [2.75, 3.05) is 0 Å². The predicted molar refractivity (Wildman–Crippen MR) is 67.5 cm³/mol. The highest BCUT2D eigenvalue weighted by Crippen LogP contribution is 2.33. The number of ether oxygens (including phenoxy) is 1. The van der Waals surface area contributed by atoms with Gasteiger partial charge in [-0.3, -0.25) is 0 Å². The Kier molecular flexibility index (Phi) is 4.46. The molecule has 114 valence electrons. The van der Waals surface area contributed by atoms with Gasteiger partial charge in [0.1, 0.15) is 11.9 Å². The molecule has 1 aromatic heterocycles. The lowest BCUT2D eigenvalue weighted by molar-refractivity contribution is -0.275. The third kappa shape index (κ3) is 3.72. The van der Waals surface area contributed by atoms with E-state index in [1.54, 1.807) is 0 Å². The smallest absolute Gasteiger partial charge is 0.405 e. The molecule has 1 N–H and O–H groups in total. The number of para-hydroxylation sites is 1. The summed E-state index contributed by atoms with van der Waals surface area (Å²) in [5, 5.41) is 17.8. The first-order valence-electron chi connectivity index (χ1n) is 6.33. The number of aliphatic hydroxyl groups excluding tert-OH is 1. The van der Waals surface area contributed by atoms with E-state index in [-0.39, 0.29) is 5.56 Å². The number of hydrogen-bond acceptors (Lipinski definition) is 4. The van der Waals surface area contributed by atoms with E-state index in [1.165, 1.54) is 29.1 Å². The first kappa shape index (κ1) is 15.3. The van der Waals surface area contributed by atoms with Crippen LogP contribution in [-0.2, 0) is 6.54 Å². The molecule has 0 spiro atoms. The summed E-state index contributed by atoms with van der Waals surface area (Å²) in [5.41, 5.74) is 0.324. The van der Waals surface area contributed by atoms with Crippen LogP contribution >= 0.6 is 0 Å². The van der Waals surface area contributed by atoms with Gasteiger partial charge in [-0.25, -0.2) is 4.68 Å². The maximum atomic E-state index is 12.4. The van der Waals surface area contributed by atoms with Crippen LogP contribution in [0.5, 0.6) is 5.75 Å². The monoisotopic (exact) mass is 301 g/mol. The second-order valence-electron chi connectivity index (χ2n) is 4.37. The van der Waals surface area contributed by atoms with Crippen molar-refractivity contribution in [2.24, 2.45) is 0 Å². The average Bonchev–Trinajstić information content (AvgIpc) is 2.85. The van der Waals surface area contributed by atoms with E-state index >= 15 is 0 Å². The molecule has 8 heteroatoms. The summed E-state index contributed by atoms with van der Waals surface area (Å²) < 4.78 is 42.6. The lowest BCUT2D eigenvalue weighted by Gasteiger charge is -2.17. The molecule has 2 rings (SSSR count). The Morgan fingerprint density at radius 3 is 2.71 bits per heavy atom. The van der Waals surface area contributed by atoms with E-state index in [4.69, 9.17) is 0 Å². The maximum absolute atomic E-state index is 12.4. The highest BCUT2D eigenvalue weighted by molar-refractivity contribution is 5.38. The Hall–Kier alpha value is -2.09. The molecule has 1 aromatic carbocycles. The van der Waals surface area contributed by atoms with Gasteiger partial charge < -0.3 is 9.84 Å². The van der Waals surface area contributed by atoms with Crippen molar-refractivity contribution in [1.29, 1.82) is 0 Å². The molecule has 21 heavy (non-hydrogen) atoms. The summed E-state index contributed by atoms with van der Waals surface area (Å²) >= 11 is 0. The molecule has 1 unspecified atom stereocenters. The zero-order chi connectivity index (χ0) is 15.5. The summed E-state index contributed by atoms with van der Waals surface area (Å²) in [7, 11) is 0. The number of nitrogens with zero attached hydrogens (tertiary/aromatic N) is 3. The molecule has 5 nitrogen and oxygen atoms in total. The minimum atomic E-state index is -4.82. The van der Waals surface area contributed by atoms with Gasteiger partial charge in [0.05, 0.1) is 11.9 Å². The van der Waals surface area contributed by atoms with Crippen LogP contribution < -0.4 is 4.74 Å². The number of hydrogen-bond donors (Lipinski definition) is 1. The quantitative estimate of drug-likeness (QED) is 0.922. The van der Waals surface area contributed by atoms with E-state index < -0.39 is 18.2 Å². The molecule has 0 aliphatic carbocycles. The Balaban J connectivity index is 2.34. The van der Waals surface area contributed by atoms with Crippen LogP contribution in [0, 0.1) is 0 Å². The molecule has 0 saturated carbocycles. The van der Waals surface area contributed by atoms with Gasteiger partial charge >= 0.3 is 6.36 Å². The van der Waals surface area contributed by atoms with Gasteiger partial charge in [-0.05, 0) is 12.5 Å². The van der Waals surface area contributed by atoms with E-state index in [9.17, 15) is 18.3 Å². The van der Waals surface area contributed by atoms with Crippen molar-refractivity contribution < 1.29 is 23.0 Å². The number of halogens is 3. The van der Waals surface area contributed by atoms with Gasteiger partial charge in [0, 0.05) is 12.1 Å². The SMILES string of the molecule is CCCn1nncc1C(O)c1ccccc1OC(F)(F)F. The normalized spacial score (nSPS) is 13.2. The zero-order valence-corrected chi connectivity index (χ0v) is 11.2. The number of rotatable bonds is 5. The van der Waals surface area contributed by atoms with Crippen LogP contribution in [-0.4, -0.2) is 26.5 Å². The number of benzene rings is 1. The van der Waals surface area contributed by atoms with Crippen molar-refractivity contribution in [3.63, 3.8) is 0 Å². The van der Waals surface area contributed by atoms with Crippen LogP contribution in [0.25, 0.3) is 0 Å². The number of alkyl halides is 3. The molecule has 0 aliphatic rings. The molecule has 0 amide bonds. The summed E-state index contributed by atoms with van der Waals surface area (Å²) in [4.78, 5) is 0. The van der Waals surface area contributed by atoms with Gasteiger partial charge in [0.25, 0.3) is 0 Å². The summed E-state index contributed by atoms with van der Waals surface area (Å²) in [6, 6.07) is 5.45. The van der Waals surface area contributed by atoms with Crippen LogP contribution in [0.2, 0.25) is 0 Å². The summed E-state index contributed by atoms with van der Waals surface area (Å²) in [5.74, 6) is -0.443. The Morgan fingerprint density at radius 1 is 1.33 bits per heavy atom. The van der Waals surface area contributed by atoms with Crippen molar-refractivity contribution in [3.8, 4) is 5.75 Å². The van der Waals surface area contributed by atoms with Crippen molar-refractivity contribution in [1.82, 2.24) is 15.0 Å². The average molecular weight is 301 g/mol. The van der Waals surface area contributed by atoms with Gasteiger partial charge in [-0.2, -0.15) is 0 Å². The predicted octanol–water partition coefficient (Wildman–Crippen LogP) is 2.67. The Bertz CT molecular complexity index is 598. The third-order valence-electron chi connectivity index (χ3n) is 2.80. The minimum absolute atomic E-state index is 0.00878. The van der Waals surface area contributed by atoms with Crippen LogP contribution in [0.3, 0.4) is 0 Å². The van der Waals surface area contributed by atoms with E-state index in [0.29, 0.717) is 12.2 Å². The zero-order valence-electron chi connectivity index (χ0n) is 11.2. The lowest BCUT2D eigenvalue weighted by atomic mass is 10.1. The number of aromatic nitrogens is 3. The number of aliphatic hydroxyl groups is 1. The molecule has 0 bridgehead atoms. The Morgan fingerprint density at radius 2 is 2.05 bits per heavy atom. The summed E-state index contributed by atoms with van der Waals surface area (Å²) in [6.07, 6.45) is -4.04. The van der Waals surface area contributed by atoms with Gasteiger partial charge in [-0.15, -0.1) is 18.3 Å². The molecule has 0 fully saturated rings. The van der Waals surface area contributed by atoms with E-state index in [0.717, 1.165) is 12.5 Å². The topological polar surface area (TPSA) is 60.2 Å². The molecule has 2 aromatic rings. The van der Waals surface area contributed by atoms with Crippen molar-refractivity contribution in [2.45, 2.75) is 32.4 Å². The Labute approximate surface area is 119 Å². The van der Waals surface area contributed by atoms with Crippen molar-refractivity contribution >= 4 is 0 Å². The second kappa shape index (κ2) is 6.13. The minimum Gasteiger partial charge on any atom is -0.405 e. The molecular weight excluding hydrogens is 287 g/mol. The lowest BCUT2D eigenvalue weighted by Crippen LogP contribution is -2.19. The van der Waals surface area contributed by atoms with Gasteiger partial charge in [-0.1, -0.05) is 30.3 Å². The standard InChI is InChI=1S/C13H14F3N3O2/c1-2-7-19-10(8-17-18-19)12(20)9-5-3-4-6-11(9)21-13(14,15)16/h3-6,8,12,20H,2,7H2,1H3. The van der Waals surface area contributed by atoms with Crippen LogP contribution in [0.4, 0.5) is 13.2 Å². The third-order valence-corrected chi connectivity index (χ3v) is 2.80. The highest BCUT2D eigenvalue weighted by Gasteiger charge is 2.33. The van der Waals surface area contributed by atoms with E-state index in [1.807, 2.05) is 6.92 Å². The van der Waals surface area contributed by atoms with Crippen LogP contribution in [0.1, 0.15) is 30.7 Å². The second-order valence-corrected chi connectivity index (χ2v) is 4.37. The molecule has 0 saturated heterocycles. The largest absolute Gasteiger partial charge is 0.573 e. The number of aryl methyl sites for hydroxylation is 1. The molecule has 0 aliphatic heterocycles. The van der Waals surface area contributed by atoms with Gasteiger partial charge in [0.2, 0.25) is 0 Å². The fourth-order valence-electron chi connectivity index (χ4n) is 1.95. The maximum Gasteiger partial charge on any atom is 0.573 e. The first-order valence-corrected chi connectivity index (χ1v) is 6.33. The fourth-order valence-corrected chi connectivity index (χ4v) is 1.95. The molecule has 1 atom stereocenters. The first-order chi connectivity index (χ1) is 9.92. The van der Waals surface area contributed by atoms with Gasteiger partial charge in [0.15, 0.2) is 0 Å².